The number of nitrogens with one attached hydrogen (secondary N) is 2. The van der Waals surface area contributed by atoms with Gasteiger partial charge in [0.25, 0.3) is 0 Å². The Balaban J connectivity index is 1.29. The quantitative estimate of drug-likeness (QED) is 0.273. The van der Waals surface area contributed by atoms with Crippen LogP contribution in [0.3, 0.4) is 0 Å². The van der Waals surface area contributed by atoms with Gasteiger partial charge in [0.05, 0.1) is 18.7 Å². The van der Waals surface area contributed by atoms with E-state index in [0.717, 1.165) is 77.0 Å². The van der Waals surface area contributed by atoms with E-state index in [2.05, 4.69) is 81.2 Å². The summed E-state index contributed by atoms with van der Waals surface area (Å²) >= 11 is 0. The summed E-state index contributed by atoms with van der Waals surface area (Å²) in [6.45, 7) is 22.2. The Hall–Kier alpha value is -2.58. The Morgan fingerprint density at radius 2 is 1.81 bits per heavy atom. The molecule has 0 radical (unpaired) electrons. The summed E-state index contributed by atoms with van der Waals surface area (Å²) in [4.78, 5) is 15.4. The lowest BCUT2D eigenvalue weighted by Crippen LogP contribution is -2.64. The highest BCUT2D eigenvalue weighted by molar-refractivity contribution is 5.75. The molecule has 8 rings (SSSR count). The van der Waals surface area contributed by atoms with E-state index < -0.39 is 5.97 Å². The highest BCUT2D eigenvalue weighted by Crippen LogP contribution is 2.76. The van der Waals surface area contributed by atoms with Gasteiger partial charge in [0.1, 0.15) is 11.6 Å². The topological polar surface area (TPSA) is 120 Å². The van der Waals surface area contributed by atoms with Crippen LogP contribution < -0.4 is 11.1 Å². The van der Waals surface area contributed by atoms with Gasteiger partial charge in [-0.05, 0) is 108 Å². The lowest BCUT2D eigenvalue weighted by atomic mass is 9.33. The van der Waals surface area contributed by atoms with Gasteiger partial charge in [-0.15, -0.1) is 0 Å². The maximum atomic E-state index is 12.9. The molecular formula is C40H59N5O3. The van der Waals surface area contributed by atoms with Crippen LogP contribution in [0.2, 0.25) is 0 Å². The predicted molar refractivity (Wildman–Crippen MR) is 189 cm³/mol. The zero-order valence-corrected chi connectivity index (χ0v) is 30.5. The Bertz CT molecular complexity index is 1640. The molecule has 0 amide bonds. The first-order chi connectivity index (χ1) is 22.6. The maximum Gasteiger partial charge on any atom is 0.306 e. The number of carboxylic acid groups (broad SMARTS) is 1. The fourth-order valence-electron chi connectivity index (χ4n) is 13.4. The molecule has 0 spiro atoms. The number of H-pyrrole nitrogens is 1. The number of nitrogens with two attached hydrogens (primary N) is 1. The molecule has 262 valence electrons. The fraction of sp³-hybridized carbons (Fsp3) is 0.750. The number of aromatic amines is 1. The van der Waals surface area contributed by atoms with Crippen LogP contribution >= 0.6 is 0 Å². The number of nitrogen functional groups attached to an aromatic ring is 1. The number of carboxylic acids is 1. The largest absolute Gasteiger partial charge is 0.481 e. The van der Waals surface area contributed by atoms with Gasteiger partial charge in [-0.1, -0.05) is 54.0 Å². The monoisotopic (exact) mass is 657 g/mol. The number of hydrogen-bond acceptors (Lipinski definition) is 6. The first-order valence-electron chi connectivity index (χ1n) is 18.9. The summed E-state index contributed by atoms with van der Waals surface area (Å²) in [5.41, 5.74) is 13.4. The molecule has 3 heterocycles. The number of nitrogens with zero attached hydrogens (tertiary/aromatic N) is 2. The van der Waals surface area contributed by atoms with Crippen molar-refractivity contribution in [2.45, 2.75) is 112 Å². The van der Waals surface area contributed by atoms with Crippen LogP contribution in [0, 0.1) is 51.2 Å². The van der Waals surface area contributed by atoms with Crippen molar-refractivity contribution in [2.75, 3.05) is 31.9 Å². The Morgan fingerprint density at radius 3 is 2.54 bits per heavy atom. The summed E-state index contributed by atoms with van der Waals surface area (Å²) in [6.07, 6.45) is 10.3. The zero-order valence-electron chi connectivity index (χ0n) is 30.5. The zero-order chi connectivity index (χ0) is 34.0. The molecule has 5 N–H and O–H groups in total. The number of carbonyl (C=O) groups is 1. The van der Waals surface area contributed by atoms with Crippen LogP contribution in [0.1, 0.15) is 116 Å². The Labute approximate surface area is 287 Å². The van der Waals surface area contributed by atoms with Crippen molar-refractivity contribution in [2.24, 2.45) is 51.2 Å². The van der Waals surface area contributed by atoms with E-state index in [9.17, 15) is 9.90 Å². The first kappa shape index (κ1) is 32.6. The number of furan rings is 1. The molecule has 8 atom stereocenters. The van der Waals surface area contributed by atoms with Gasteiger partial charge in [0, 0.05) is 48.4 Å². The first-order valence-corrected chi connectivity index (χ1v) is 18.9. The molecule has 8 nitrogen and oxygen atoms in total. The van der Waals surface area contributed by atoms with Crippen molar-refractivity contribution >= 4 is 17.4 Å². The molecule has 8 heteroatoms. The summed E-state index contributed by atoms with van der Waals surface area (Å²) in [5.74, 6) is 2.24. The fourth-order valence-corrected chi connectivity index (χ4v) is 13.4. The smallest absolute Gasteiger partial charge is 0.306 e. The Kier molecular flexibility index (Phi) is 7.28. The lowest BCUT2D eigenvalue weighted by Gasteiger charge is -2.70. The van der Waals surface area contributed by atoms with E-state index in [1.54, 1.807) is 5.57 Å². The molecule has 6 aliphatic rings. The second kappa shape index (κ2) is 10.7. The summed E-state index contributed by atoms with van der Waals surface area (Å²) in [6, 6.07) is 2.35. The number of fused-ring (bicyclic) bond motifs is 8. The van der Waals surface area contributed by atoms with Crippen LogP contribution in [0.4, 0.5) is 5.82 Å². The molecule has 0 bridgehead atoms. The van der Waals surface area contributed by atoms with Crippen molar-refractivity contribution in [1.82, 2.24) is 20.4 Å². The third-order valence-corrected chi connectivity index (χ3v) is 15.7. The van der Waals surface area contributed by atoms with E-state index in [4.69, 9.17) is 10.2 Å². The highest BCUT2D eigenvalue weighted by Gasteiger charge is 2.68. The van der Waals surface area contributed by atoms with Gasteiger partial charge in [-0.3, -0.25) is 14.8 Å². The third-order valence-electron chi connectivity index (χ3n) is 15.7. The SMILES string of the molecule is CC1(C)CC2C3=C(c4coc(CN5CCNCC5)c4)CC4[C@@]5(C)Cc6c(N)n[nH]c6C(C)(C)C5CC[C@@]4(C)[C@]3(C)CC[C@@H]2[C@H](C(=O)O)C1. The molecule has 4 fully saturated rings. The predicted octanol–water partition coefficient (Wildman–Crippen LogP) is 7.27. The normalized spacial score (nSPS) is 40.3. The van der Waals surface area contributed by atoms with Crippen LogP contribution in [-0.2, 0) is 23.2 Å². The van der Waals surface area contributed by atoms with Crippen molar-refractivity contribution in [1.29, 1.82) is 0 Å². The average molecular weight is 658 g/mol. The molecule has 2 aromatic heterocycles. The van der Waals surface area contributed by atoms with Crippen molar-refractivity contribution in [3.05, 3.63) is 40.5 Å². The van der Waals surface area contributed by atoms with Gasteiger partial charge in [-0.2, -0.15) is 5.10 Å². The molecule has 2 aromatic rings. The van der Waals surface area contributed by atoms with E-state index in [-0.39, 0.29) is 44.8 Å². The van der Waals surface area contributed by atoms with Gasteiger partial charge in [-0.25, -0.2) is 0 Å². The molecule has 1 saturated heterocycles. The Morgan fingerprint density at radius 1 is 1.06 bits per heavy atom. The minimum atomic E-state index is -0.601. The van der Waals surface area contributed by atoms with E-state index in [1.807, 2.05) is 0 Å². The second-order valence-corrected chi connectivity index (χ2v) is 19.0. The summed E-state index contributed by atoms with van der Waals surface area (Å²) in [7, 11) is 0. The van der Waals surface area contributed by atoms with Crippen LogP contribution in [0.15, 0.2) is 22.3 Å². The van der Waals surface area contributed by atoms with Crippen LogP contribution in [0.5, 0.6) is 0 Å². The maximum absolute atomic E-state index is 12.9. The molecule has 3 saturated carbocycles. The minimum absolute atomic E-state index is 0.0194. The van der Waals surface area contributed by atoms with E-state index in [1.165, 1.54) is 35.2 Å². The number of anilines is 1. The summed E-state index contributed by atoms with van der Waals surface area (Å²) < 4.78 is 6.43. The van der Waals surface area contributed by atoms with Crippen molar-refractivity contribution in [3.63, 3.8) is 0 Å². The molecule has 3 unspecified atom stereocenters. The number of hydrogen-bond donors (Lipinski definition) is 4. The second-order valence-electron chi connectivity index (χ2n) is 19.0. The average Bonchev–Trinajstić information content (AvgIpc) is 3.63. The van der Waals surface area contributed by atoms with E-state index >= 15 is 0 Å². The standard InChI is InChI=1S/C40H59N5O3/c1-36(2)18-27-25(28(19-36)35(46)47)8-10-40(7)32(27)26(23-16-24(48-22-23)21-45-14-12-42-13-15-45)17-31-38(5)20-29-33(43-44-34(29)41)37(3,4)30(38)9-11-39(31,40)6/h16,22,25,27-28,30-31,42H,8-15,17-21H2,1-7H3,(H,46,47)(H3,41,43,44)/t25-,27?,28+,30?,31?,38-,39+,40+/m0/s1. The molecule has 1 aliphatic heterocycles. The van der Waals surface area contributed by atoms with Gasteiger partial charge in [0.15, 0.2) is 0 Å². The number of aromatic nitrogens is 2. The van der Waals surface area contributed by atoms with Crippen molar-refractivity contribution < 1.29 is 14.3 Å². The van der Waals surface area contributed by atoms with Crippen molar-refractivity contribution in [3.8, 4) is 0 Å². The third kappa shape index (κ3) is 4.52. The number of rotatable bonds is 4. The summed E-state index contributed by atoms with van der Waals surface area (Å²) in [5, 5.41) is 22.0. The highest BCUT2D eigenvalue weighted by atomic mass is 16.4. The lowest BCUT2D eigenvalue weighted by molar-refractivity contribution is -0.161. The van der Waals surface area contributed by atoms with Crippen LogP contribution in [-0.4, -0.2) is 52.4 Å². The molecule has 5 aliphatic carbocycles. The van der Waals surface area contributed by atoms with Gasteiger partial charge >= 0.3 is 5.97 Å². The number of aliphatic carboxylic acids is 1. The molecule has 48 heavy (non-hydrogen) atoms. The van der Waals surface area contributed by atoms with Gasteiger partial charge < -0.3 is 20.6 Å². The van der Waals surface area contributed by atoms with Gasteiger partial charge in [0.2, 0.25) is 0 Å². The van der Waals surface area contributed by atoms with E-state index in [0.29, 0.717) is 17.7 Å². The number of allylic oxidation sites excluding steroid dienone is 2. The molecule has 0 aromatic carbocycles. The minimum Gasteiger partial charge on any atom is -0.481 e. The molecular weight excluding hydrogens is 598 g/mol. The number of piperazine rings is 1. The van der Waals surface area contributed by atoms with Crippen LogP contribution in [0.25, 0.3) is 5.57 Å².